The SMILES string of the molecule is c1ccc(-c2ccccc2N(c2ccc(-n3c4ccccc4c4ccccc43)cc2)c2ccc3c4ccccc4n(-c4cccc5ccccc45)c3c2)cc1. The van der Waals surface area contributed by atoms with Crippen molar-refractivity contribution in [2.45, 2.75) is 0 Å². The summed E-state index contributed by atoms with van der Waals surface area (Å²) in [6.45, 7) is 0. The highest BCUT2D eigenvalue weighted by Gasteiger charge is 2.21. The fourth-order valence-electron chi connectivity index (χ4n) is 8.67. The molecule has 3 heteroatoms. The molecule has 0 fully saturated rings. The van der Waals surface area contributed by atoms with Crippen molar-refractivity contribution in [2.75, 3.05) is 4.90 Å². The highest BCUT2D eigenvalue weighted by Crippen LogP contribution is 2.44. The second-order valence-corrected chi connectivity index (χ2v) is 14.2. The molecule has 55 heavy (non-hydrogen) atoms. The number of aromatic nitrogens is 2. The topological polar surface area (TPSA) is 13.1 Å². The molecule has 0 aliphatic heterocycles. The summed E-state index contributed by atoms with van der Waals surface area (Å²) in [6, 6.07) is 76.9. The first-order chi connectivity index (χ1) is 27.3. The lowest BCUT2D eigenvalue weighted by atomic mass is 10.0. The fraction of sp³-hybridized carbons (Fsp3) is 0. The van der Waals surface area contributed by atoms with Crippen LogP contribution >= 0.6 is 0 Å². The Balaban J connectivity index is 1.15. The van der Waals surface area contributed by atoms with Crippen molar-refractivity contribution < 1.29 is 0 Å². The number of hydrogen-bond donors (Lipinski definition) is 0. The molecule has 0 aliphatic carbocycles. The van der Waals surface area contributed by atoms with Crippen LogP contribution in [0.15, 0.2) is 212 Å². The number of anilines is 3. The predicted octanol–water partition coefficient (Wildman–Crippen LogP) is 14.2. The molecule has 0 bridgehead atoms. The first-order valence-corrected chi connectivity index (χ1v) is 18.9. The summed E-state index contributed by atoms with van der Waals surface area (Å²) in [7, 11) is 0. The molecule has 0 saturated heterocycles. The van der Waals surface area contributed by atoms with Crippen LogP contribution in [0, 0.1) is 0 Å². The third-order valence-corrected chi connectivity index (χ3v) is 11.1. The molecule has 2 heterocycles. The first-order valence-electron chi connectivity index (χ1n) is 18.9. The molecule has 258 valence electrons. The van der Waals surface area contributed by atoms with Gasteiger partial charge in [0.2, 0.25) is 0 Å². The molecule has 0 unspecified atom stereocenters. The van der Waals surface area contributed by atoms with Crippen LogP contribution in [-0.2, 0) is 0 Å². The Labute approximate surface area is 319 Å². The van der Waals surface area contributed by atoms with E-state index in [0.717, 1.165) is 22.7 Å². The summed E-state index contributed by atoms with van der Waals surface area (Å²) in [4.78, 5) is 2.42. The van der Waals surface area contributed by atoms with E-state index in [1.165, 1.54) is 71.2 Å². The van der Waals surface area contributed by atoms with E-state index in [4.69, 9.17) is 0 Å². The van der Waals surface area contributed by atoms with Gasteiger partial charge in [-0.2, -0.15) is 0 Å². The van der Waals surface area contributed by atoms with Crippen molar-refractivity contribution in [1.29, 1.82) is 0 Å². The zero-order valence-corrected chi connectivity index (χ0v) is 30.0. The second kappa shape index (κ2) is 12.6. The number of nitrogens with zero attached hydrogens (tertiary/aromatic N) is 3. The summed E-state index contributed by atoms with van der Waals surface area (Å²) in [5.74, 6) is 0. The Kier molecular flexibility index (Phi) is 7.17. The molecular weight excluding hydrogens is 667 g/mol. The molecule has 11 rings (SSSR count). The van der Waals surface area contributed by atoms with Crippen LogP contribution in [0.25, 0.3) is 76.9 Å². The van der Waals surface area contributed by atoms with E-state index in [0.29, 0.717) is 0 Å². The van der Waals surface area contributed by atoms with Crippen molar-refractivity contribution in [3.05, 3.63) is 212 Å². The van der Waals surface area contributed by atoms with Gasteiger partial charge < -0.3 is 14.0 Å². The van der Waals surface area contributed by atoms with Gasteiger partial charge in [0.15, 0.2) is 0 Å². The number of hydrogen-bond acceptors (Lipinski definition) is 1. The predicted molar refractivity (Wildman–Crippen MR) is 233 cm³/mol. The van der Waals surface area contributed by atoms with E-state index in [9.17, 15) is 0 Å². The average molecular weight is 702 g/mol. The van der Waals surface area contributed by atoms with Crippen molar-refractivity contribution in [3.8, 4) is 22.5 Å². The van der Waals surface area contributed by atoms with Gasteiger partial charge >= 0.3 is 0 Å². The summed E-state index contributed by atoms with van der Waals surface area (Å²) in [5.41, 5.74) is 12.7. The van der Waals surface area contributed by atoms with Gasteiger partial charge in [-0.05, 0) is 77.7 Å². The molecule has 0 spiro atoms. The number of para-hydroxylation sites is 4. The second-order valence-electron chi connectivity index (χ2n) is 14.2. The molecule has 0 saturated carbocycles. The average Bonchev–Trinajstić information content (AvgIpc) is 3.77. The number of fused-ring (bicyclic) bond motifs is 7. The van der Waals surface area contributed by atoms with Crippen LogP contribution in [-0.4, -0.2) is 9.13 Å². The molecule has 3 nitrogen and oxygen atoms in total. The normalized spacial score (nSPS) is 11.6. The van der Waals surface area contributed by atoms with Crippen LogP contribution in [0.4, 0.5) is 17.1 Å². The van der Waals surface area contributed by atoms with Gasteiger partial charge in [0.1, 0.15) is 0 Å². The van der Waals surface area contributed by atoms with E-state index in [1.54, 1.807) is 0 Å². The highest BCUT2D eigenvalue weighted by atomic mass is 15.1. The highest BCUT2D eigenvalue weighted by molar-refractivity contribution is 6.12. The minimum absolute atomic E-state index is 1.08. The monoisotopic (exact) mass is 701 g/mol. The minimum atomic E-state index is 1.08. The zero-order chi connectivity index (χ0) is 36.3. The lowest BCUT2D eigenvalue weighted by molar-refractivity contribution is 1.17. The van der Waals surface area contributed by atoms with Gasteiger partial charge in [-0.25, -0.2) is 0 Å². The van der Waals surface area contributed by atoms with Gasteiger partial charge in [-0.1, -0.05) is 146 Å². The fourth-order valence-corrected chi connectivity index (χ4v) is 8.67. The summed E-state index contributed by atoms with van der Waals surface area (Å²) >= 11 is 0. The van der Waals surface area contributed by atoms with Crippen molar-refractivity contribution in [1.82, 2.24) is 9.13 Å². The Hall–Kier alpha value is -7.36. The van der Waals surface area contributed by atoms with Gasteiger partial charge in [-0.15, -0.1) is 0 Å². The molecule has 0 amide bonds. The first kappa shape index (κ1) is 31.2. The van der Waals surface area contributed by atoms with E-state index in [1.807, 2.05) is 0 Å². The molecule has 0 atom stereocenters. The third-order valence-electron chi connectivity index (χ3n) is 11.1. The maximum Gasteiger partial charge on any atom is 0.0562 e. The maximum absolute atomic E-state index is 2.45. The van der Waals surface area contributed by atoms with Crippen molar-refractivity contribution in [2.24, 2.45) is 0 Å². The van der Waals surface area contributed by atoms with E-state index < -0.39 is 0 Å². The van der Waals surface area contributed by atoms with Gasteiger partial charge in [0.25, 0.3) is 0 Å². The van der Waals surface area contributed by atoms with Crippen LogP contribution in [0.1, 0.15) is 0 Å². The van der Waals surface area contributed by atoms with E-state index in [2.05, 4.69) is 226 Å². The number of rotatable bonds is 6. The molecule has 11 aromatic rings. The molecule has 0 radical (unpaired) electrons. The van der Waals surface area contributed by atoms with E-state index >= 15 is 0 Å². The van der Waals surface area contributed by atoms with Crippen molar-refractivity contribution in [3.63, 3.8) is 0 Å². The summed E-state index contributed by atoms with van der Waals surface area (Å²) in [5, 5.41) is 7.44. The Morgan fingerprint density at radius 2 is 0.855 bits per heavy atom. The molecule has 0 N–H and O–H groups in total. The molecular formula is C52H35N3. The third kappa shape index (κ3) is 4.98. The van der Waals surface area contributed by atoms with E-state index in [-0.39, 0.29) is 0 Å². The molecule has 0 aliphatic rings. The Morgan fingerprint density at radius 1 is 0.327 bits per heavy atom. The summed E-state index contributed by atoms with van der Waals surface area (Å²) in [6.07, 6.45) is 0. The lowest BCUT2D eigenvalue weighted by Gasteiger charge is -2.28. The quantitative estimate of drug-likeness (QED) is 0.168. The van der Waals surface area contributed by atoms with Gasteiger partial charge in [0, 0.05) is 49.6 Å². The smallest absolute Gasteiger partial charge is 0.0562 e. The molecule has 2 aromatic heterocycles. The Bertz CT molecular complexity index is 3150. The van der Waals surface area contributed by atoms with Crippen molar-refractivity contribution >= 4 is 71.4 Å². The zero-order valence-electron chi connectivity index (χ0n) is 30.0. The van der Waals surface area contributed by atoms with Crippen LogP contribution in [0.3, 0.4) is 0 Å². The Morgan fingerprint density at radius 3 is 1.56 bits per heavy atom. The molecule has 9 aromatic carbocycles. The van der Waals surface area contributed by atoms with Crippen LogP contribution in [0.2, 0.25) is 0 Å². The van der Waals surface area contributed by atoms with Crippen LogP contribution in [0.5, 0.6) is 0 Å². The van der Waals surface area contributed by atoms with Gasteiger partial charge in [-0.3, -0.25) is 0 Å². The summed E-state index contributed by atoms with van der Waals surface area (Å²) < 4.78 is 4.83. The standard InChI is InChI=1S/C52H35N3/c1-2-15-36(16-3-1)41-20-6-10-24-47(41)53(38-29-31-39(32-30-38)54-49-25-11-7-21-43(49)44-22-8-12-26-50(44)54)40-33-34-46-45-23-9-13-27-51(45)55(52(46)35-40)48-28-14-18-37-17-4-5-19-42(37)48/h1-35H. The largest absolute Gasteiger partial charge is 0.310 e. The number of benzene rings is 9. The maximum atomic E-state index is 2.45. The lowest BCUT2D eigenvalue weighted by Crippen LogP contribution is -2.11. The van der Waals surface area contributed by atoms with Gasteiger partial charge in [0.05, 0.1) is 33.4 Å². The minimum Gasteiger partial charge on any atom is -0.310 e. The van der Waals surface area contributed by atoms with Crippen LogP contribution < -0.4 is 4.90 Å².